The van der Waals surface area contributed by atoms with Crippen LogP contribution < -0.4 is 24.8 Å². The Balaban J connectivity index is 1.89. The Morgan fingerprint density at radius 3 is 2.06 bits per heavy atom. The second kappa shape index (κ2) is 11.7. The highest BCUT2D eigenvalue weighted by Gasteiger charge is 2.20. The first-order chi connectivity index (χ1) is 16.1. The molecule has 172 valence electrons. The zero-order valence-corrected chi connectivity index (χ0v) is 19.0. The number of methoxy groups -OCH3 is 3. The largest absolute Gasteiger partial charge is 0.493 e. The van der Waals surface area contributed by atoms with Gasteiger partial charge in [0.25, 0.3) is 5.91 Å². The molecule has 0 radical (unpaired) electrons. The van der Waals surface area contributed by atoms with E-state index in [0.717, 1.165) is 17.4 Å². The number of carbonyl (C=O) groups is 2. The number of aldehydes is 1. The van der Waals surface area contributed by atoms with Gasteiger partial charge in [0.05, 0.1) is 27.9 Å². The fraction of sp³-hybridized carbons (Fsp3) is 0.231. The van der Waals surface area contributed by atoms with Crippen LogP contribution >= 0.6 is 0 Å². The SMILES string of the molecule is COc1cc(C(CNCC=O)c2ccc(NC(=O)c3ccccc3)cc2)cc(OC)c1OC. The van der Waals surface area contributed by atoms with Crippen LogP contribution in [0.4, 0.5) is 5.69 Å². The molecule has 3 aromatic rings. The van der Waals surface area contributed by atoms with Crippen LogP contribution in [0, 0.1) is 0 Å². The minimum Gasteiger partial charge on any atom is -0.493 e. The van der Waals surface area contributed by atoms with Gasteiger partial charge in [-0.25, -0.2) is 0 Å². The third-order valence-corrected chi connectivity index (χ3v) is 5.27. The van der Waals surface area contributed by atoms with Crippen LogP contribution in [0.25, 0.3) is 0 Å². The topological polar surface area (TPSA) is 85.9 Å². The van der Waals surface area contributed by atoms with E-state index in [2.05, 4.69) is 10.6 Å². The summed E-state index contributed by atoms with van der Waals surface area (Å²) in [6.07, 6.45) is 0.828. The average Bonchev–Trinajstić information content (AvgIpc) is 2.87. The number of hydrogen-bond acceptors (Lipinski definition) is 6. The van der Waals surface area contributed by atoms with Crippen molar-refractivity contribution in [3.8, 4) is 17.2 Å². The molecule has 1 amide bonds. The Labute approximate surface area is 193 Å². The standard InChI is InChI=1S/C26H28N2O5/c1-31-23-15-20(16-24(32-2)25(23)33-3)22(17-27-13-14-29)18-9-11-21(12-10-18)28-26(30)19-7-5-4-6-8-19/h4-12,14-16,22,27H,13,17H2,1-3H3,(H,28,30). The number of anilines is 1. The van der Waals surface area contributed by atoms with Gasteiger partial charge in [-0.2, -0.15) is 0 Å². The predicted octanol–water partition coefficient (Wildman–Crippen LogP) is 3.89. The van der Waals surface area contributed by atoms with Gasteiger partial charge >= 0.3 is 0 Å². The molecule has 0 saturated heterocycles. The van der Waals surface area contributed by atoms with Crippen LogP contribution in [-0.2, 0) is 4.79 Å². The summed E-state index contributed by atoms with van der Waals surface area (Å²) in [5, 5.41) is 6.06. The molecule has 1 atom stereocenters. The van der Waals surface area contributed by atoms with Crippen LogP contribution in [0.5, 0.6) is 17.2 Å². The van der Waals surface area contributed by atoms with Crippen molar-refractivity contribution >= 4 is 17.9 Å². The van der Waals surface area contributed by atoms with Gasteiger partial charge in [0, 0.05) is 23.7 Å². The number of carbonyl (C=O) groups excluding carboxylic acids is 2. The fourth-order valence-corrected chi connectivity index (χ4v) is 3.61. The van der Waals surface area contributed by atoms with Gasteiger partial charge < -0.3 is 29.6 Å². The maximum absolute atomic E-state index is 12.4. The molecule has 7 nitrogen and oxygen atoms in total. The minimum atomic E-state index is -0.169. The van der Waals surface area contributed by atoms with E-state index in [4.69, 9.17) is 14.2 Å². The molecule has 0 fully saturated rings. The first kappa shape index (κ1) is 23.8. The van der Waals surface area contributed by atoms with Gasteiger partial charge in [-0.05, 0) is 47.5 Å². The molecule has 0 aliphatic heterocycles. The molecular formula is C26H28N2O5. The zero-order valence-electron chi connectivity index (χ0n) is 19.0. The Hall–Kier alpha value is -3.84. The first-order valence-electron chi connectivity index (χ1n) is 10.5. The second-order valence-corrected chi connectivity index (χ2v) is 7.28. The Morgan fingerprint density at radius 2 is 1.52 bits per heavy atom. The van der Waals surface area contributed by atoms with Crippen molar-refractivity contribution < 1.29 is 23.8 Å². The van der Waals surface area contributed by atoms with E-state index in [-0.39, 0.29) is 18.4 Å². The van der Waals surface area contributed by atoms with Crippen LogP contribution in [0.2, 0.25) is 0 Å². The summed E-state index contributed by atoms with van der Waals surface area (Å²) in [6, 6.07) is 20.5. The first-order valence-corrected chi connectivity index (χ1v) is 10.5. The number of rotatable bonds is 11. The lowest BCUT2D eigenvalue weighted by atomic mass is 9.90. The summed E-state index contributed by atoms with van der Waals surface area (Å²) in [6.45, 7) is 0.763. The zero-order chi connectivity index (χ0) is 23.6. The Bertz CT molecular complexity index is 1040. The number of hydrogen-bond donors (Lipinski definition) is 2. The lowest BCUT2D eigenvalue weighted by molar-refractivity contribution is -0.107. The van der Waals surface area contributed by atoms with E-state index < -0.39 is 0 Å². The molecule has 0 saturated carbocycles. The van der Waals surface area contributed by atoms with E-state index >= 15 is 0 Å². The Kier molecular flexibility index (Phi) is 8.43. The number of ether oxygens (including phenoxy) is 3. The molecule has 0 heterocycles. The highest BCUT2D eigenvalue weighted by Crippen LogP contribution is 2.41. The summed E-state index contributed by atoms with van der Waals surface area (Å²) >= 11 is 0. The molecule has 0 spiro atoms. The van der Waals surface area contributed by atoms with Crippen LogP contribution in [0.15, 0.2) is 66.7 Å². The molecule has 0 aliphatic rings. The summed E-state index contributed by atoms with van der Waals surface area (Å²) in [5.74, 6) is 1.36. The summed E-state index contributed by atoms with van der Waals surface area (Å²) < 4.78 is 16.4. The average molecular weight is 449 g/mol. The maximum Gasteiger partial charge on any atom is 0.255 e. The lowest BCUT2D eigenvalue weighted by Crippen LogP contribution is -2.24. The maximum atomic E-state index is 12.4. The highest BCUT2D eigenvalue weighted by molar-refractivity contribution is 6.04. The minimum absolute atomic E-state index is 0.0995. The molecule has 0 aromatic heterocycles. The van der Waals surface area contributed by atoms with Crippen molar-refractivity contribution in [3.05, 3.63) is 83.4 Å². The van der Waals surface area contributed by atoms with Gasteiger partial charge in [0.1, 0.15) is 6.29 Å². The van der Waals surface area contributed by atoms with Crippen LogP contribution in [-0.4, -0.2) is 46.6 Å². The number of amides is 1. The van der Waals surface area contributed by atoms with Crippen molar-refractivity contribution in [2.75, 3.05) is 39.7 Å². The monoisotopic (exact) mass is 448 g/mol. The fourth-order valence-electron chi connectivity index (χ4n) is 3.61. The number of benzene rings is 3. The third-order valence-electron chi connectivity index (χ3n) is 5.27. The van der Waals surface area contributed by atoms with Gasteiger partial charge in [-0.3, -0.25) is 4.79 Å². The number of nitrogens with one attached hydrogen (secondary N) is 2. The van der Waals surface area contributed by atoms with Gasteiger partial charge in [-0.15, -0.1) is 0 Å². The van der Waals surface area contributed by atoms with Gasteiger partial charge in [-0.1, -0.05) is 30.3 Å². The molecule has 1 unspecified atom stereocenters. The van der Waals surface area contributed by atoms with Crippen molar-refractivity contribution in [2.45, 2.75) is 5.92 Å². The molecule has 0 bridgehead atoms. The van der Waals surface area contributed by atoms with Gasteiger partial charge in [0.15, 0.2) is 11.5 Å². The smallest absolute Gasteiger partial charge is 0.255 e. The molecule has 3 rings (SSSR count). The molecule has 0 aliphatic carbocycles. The van der Waals surface area contributed by atoms with E-state index in [1.165, 1.54) is 0 Å². The molecule has 2 N–H and O–H groups in total. The van der Waals surface area contributed by atoms with Crippen molar-refractivity contribution in [1.29, 1.82) is 0 Å². The third kappa shape index (κ3) is 5.90. The van der Waals surface area contributed by atoms with Crippen molar-refractivity contribution in [3.63, 3.8) is 0 Å². The molecule has 3 aromatic carbocycles. The molecule has 7 heteroatoms. The van der Waals surface area contributed by atoms with E-state index in [0.29, 0.717) is 35.0 Å². The van der Waals surface area contributed by atoms with Crippen LogP contribution in [0.1, 0.15) is 27.4 Å². The quantitative estimate of drug-likeness (QED) is 0.342. The lowest BCUT2D eigenvalue weighted by Gasteiger charge is -2.22. The van der Waals surface area contributed by atoms with Gasteiger partial charge in [0.2, 0.25) is 5.75 Å². The molecule has 33 heavy (non-hydrogen) atoms. The van der Waals surface area contributed by atoms with Crippen LogP contribution in [0.3, 0.4) is 0 Å². The van der Waals surface area contributed by atoms with Crippen molar-refractivity contribution in [2.24, 2.45) is 0 Å². The summed E-state index contributed by atoms with van der Waals surface area (Å²) in [7, 11) is 4.71. The van der Waals surface area contributed by atoms with Crippen molar-refractivity contribution in [1.82, 2.24) is 5.32 Å². The predicted molar refractivity (Wildman–Crippen MR) is 128 cm³/mol. The van der Waals surface area contributed by atoms with E-state index in [1.807, 2.05) is 54.6 Å². The second-order valence-electron chi connectivity index (χ2n) is 7.28. The summed E-state index contributed by atoms with van der Waals surface area (Å²) in [5.41, 5.74) is 3.22. The normalized spacial score (nSPS) is 11.4. The van der Waals surface area contributed by atoms with E-state index in [1.54, 1.807) is 33.5 Å². The highest BCUT2D eigenvalue weighted by atomic mass is 16.5. The summed E-state index contributed by atoms with van der Waals surface area (Å²) in [4.78, 5) is 23.3. The molecular weight excluding hydrogens is 420 g/mol. The van der Waals surface area contributed by atoms with E-state index in [9.17, 15) is 9.59 Å². The Morgan fingerprint density at radius 1 is 0.879 bits per heavy atom.